The van der Waals surface area contributed by atoms with Gasteiger partial charge < -0.3 is 15.4 Å². The predicted molar refractivity (Wildman–Crippen MR) is 143 cm³/mol. The molecule has 0 heterocycles. The number of benzene rings is 3. The Balaban J connectivity index is 1.50. The Labute approximate surface area is 242 Å². The van der Waals surface area contributed by atoms with E-state index >= 15 is 0 Å². The van der Waals surface area contributed by atoms with Gasteiger partial charge in [0.25, 0.3) is 5.91 Å². The third kappa shape index (κ3) is 5.80. The molecule has 222 valence electrons. The Morgan fingerprint density at radius 2 is 1.63 bits per heavy atom. The summed E-state index contributed by atoms with van der Waals surface area (Å²) in [6.45, 7) is 0. The van der Waals surface area contributed by atoms with Gasteiger partial charge >= 0.3 is 6.18 Å². The second-order valence-electron chi connectivity index (χ2n) is 10.3. The van der Waals surface area contributed by atoms with Crippen LogP contribution >= 0.6 is 0 Å². The molecule has 2 aliphatic carbocycles. The lowest BCUT2D eigenvalue weighted by Gasteiger charge is -2.30. The summed E-state index contributed by atoms with van der Waals surface area (Å²) in [6, 6.07) is 11.3. The molecule has 2 fully saturated rings. The van der Waals surface area contributed by atoms with Gasteiger partial charge in [0.15, 0.2) is 11.6 Å². The van der Waals surface area contributed by atoms with Crippen LogP contribution in [0.2, 0.25) is 0 Å². The first kappa shape index (κ1) is 29.7. The van der Waals surface area contributed by atoms with Gasteiger partial charge in [-0.05, 0) is 60.7 Å². The lowest BCUT2D eigenvalue weighted by Crippen LogP contribution is -2.48. The summed E-state index contributed by atoms with van der Waals surface area (Å²) < 4.78 is 86.6. The van der Waals surface area contributed by atoms with Gasteiger partial charge in [0, 0.05) is 23.7 Å². The number of fused-ring (bicyclic) bond motifs is 2. The van der Waals surface area contributed by atoms with Crippen LogP contribution in [0.3, 0.4) is 0 Å². The van der Waals surface area contributed by atoms with E-state index < -0.39 is 58.9 Å². The summed E-state index contributed by atoms with van der Waals surface area (Å²) in [7, 11) is 1.17. The molecule has 0 aromatic heterocycles. The number of anilines is 1. The highest BCUT2D eigenvalue weighted by Gasteiger charge is 2.54. The number of nitrogens with one attached hydrogen (secondary N) is 2. The SMILES string of the molecule is COc1cc(F)c(F)cc1C(=O)N[C@@H]1C2CCC(/C2=C/c2ccc(C#N)cc2)[C@@H]1C(=O)Nc1ccc(F)c(C(F)(F)F)c1. The monoisotopic (exact) mass is 599 g/mol. The van der Waals surface area contributed by atoms with Gasteiger partial charge in [0.05, 0.1) is 35.8 Å². The lowest BCUT2D eigenvalue weighted by atomic mass is 9.83. The van der Waals surface area contributed by atoms with Crippen LogP contribution in [0, 0.1) is 46.5 Å². The van der Waals surface area contributed by atoms with E-state index in [-0.39, 0.29) is 22.9 Å². The van der Waals surface area contributed by atoms with E-state index in [9.17, 15) is 35.9 Å². The van der Waals surface area contributed by atoms with Gasteiger partial charge in [-0.15, -0.1) is 0 Å². The van der Waals surface area contributed by atoms with Crippen molar-refractivity contribution in [3.8, 4) is 11.8 Å². The van der Waals surface area contributed by atoms with E-state index in [1.54, 1.807) is 24.3 Å². The van der Waals surface area contributed by atoms with E-state index in [1.165, 1.54) is 7.11 Å². The standard InChI is InChI=1S/C31H23F6N3O3/c1-43-26-13-25(34)24(33)12-21(26)29(41)40-28-19-8-7-18(20(19)10-15-2-4-16(14-38)5-3-15)27(28)30(42)39-17-6-9-23(32)22(11-17)31(35,36)37/h2-6,9-13,18-19,27-28H,7-8H2,1H3,(H,39,42)(H,40,41)/b20-10-/t18?,19?,27-,28+/m0/s1. The molecule has 2 bridgehead atoms. The highest BCUT2D eigenvalue weighted by Crippen LogP contribution is 2.53. The van der Waals surface area contributed by atoms with Gasteiger partial charge in [-0.1, -0.05) is 23.8 Å². The Kier molecular flexibility index (Phi) is 7.92. The number of alkyl halides is 3. The molecule has 6 nitrogen and oxygen atoms in total. The molecule has 0 spiro atoms. The van der Waals surface area contributed by atoms with Crippen LogP contribution in [-0.2, 0) is 11.0 Å². The van der Waals surface area contributed by atoms with Gasteiger partial charge in [0.2, 0.25) is 5.91 Å². The number of ether oxygens (including phenoxy) is 1. The number of carbonyl (C=O) groups excluding carboxylic acids is 2. The summed E-state index contributed by atoms with van der Waals surface area (Å²) in [6.07, 6.45) is -2.06. The predicted octanol–water partition coefficient (Wildman–Crippen LogP) is 6.48. The normalized spacial score (nSPS) is 21.9. The number of halogens is 6. The minimum Gasteiger partial charge on any atom is -0.496 e. The summed E-state index contributed by atoms with van der Waals surface area (Å²) in [4.78, 5) is 27.0. The molecule has 5 rings (SSSR count). The molecular weight excluding hydrogens is 576 g/mol. The maximum absolute atomic E-state index is 14.1. The average Bonchev–Trinajstić information content (AvgIpc) is 3.49. The van der Waals surface area contributed by atoms with Crippen LogP contribution in [-0.4, -0.2) is 25.0 Å². The third-order valence-electron chi connectivity index (χ3n) is 7.90. The zero-order chi connectivity index (χ0) is 31.1. The Hall–Kier alpha value is -4.79. The fourth-order valence-electron chi connectivity index (χ4n) is 5.99. The van der Waals surface area contributed by atoms with E-state index in [2.05, 4.69) is 10.6 Å². The first-order valence-electron chi connectivity index (χ1n) is 13.1. The lowest BCUT2D eigenvalue weighted by molar-refractivity contribution is -0.140. The van der Waals surface area contributed by atoms with Crippen LogP contribution in [0.5, 0.6) is 5.75 Å². The Morgan fingerprint density at radius 1 is 0.953 bits per heavy atom. The molecule has 2 N–H and O–H groups in total. The zero-order valence-electron chi connectivity index (χ0n) is 22.4. The molecular formula is C31H23F6N3O3. The molecule has 12 heteroatoms. The van der Waals surface area contributed by atoms with E-state index in [0.717, 1.165) is 23.3 Å². The number of hydrogen-bond acceptors (Lipinski definition) is 4. The zero-order valence-corrected chi connectivity index (χ0v) is 22.4. The van der Waals surface area contributed by atoms with Crippen molar-refractivity contribution in [3.63, 3.8) is 0 Å². The number of nitriles is 1. The first-order chi connectivity index (χ1) is 20.4. The summed E-state index contributed by atoms with van der Waals surface area (Å²) in [5.74, 6) is -7.57. The second-order valence-corrected chi connectivity index (χ2v) is 10.3. The molecule has 0 radical (unpaired) electrons. The molecule has 2 aliphatic rings. The van der Waals surface area contributed by atoms with Crippen LogP contribution in [0.1, 0.15) is 39.9 Å². The third-order valence-corrected chi connectivity index (χ3v) is 7.90. The topological polar surface area (TPSA) is 91.2 Å². The number of nitrogens with zero attached hydrogens (tertiary/aromatic N) is 1. The van der Waals surface area contributed by atoms with Gasteiger partial charge in [-0.2, -0.15) is 18.4 Å². The molecule has 2 saturated carbocycles. The molecule has 2 amide bonds. The smallest absolute Gasteiger partial charge is 0.419 e. The van der Waals surface area contributed by atoms with Crippen molar-refractivity contribution in [1.82, 2.24) is 5.32 Å². The fourth-order valence-corrected chi connectivity index (χ4v) is 5.99. The van der Waals surface area contributed by atoms with Gasteiger partial charge in [0.1, 0.15) is 11.6 Å². The highest BCUT2D eigenvalue weighted by atomic mass is 19.4. The minimum absolute atomic E-state index is 0.236. The van der Waals surface area contributed by atoms with E-state index in [1.807, 2.05) is 12.1 Å². The van der Waals surface area contributed by atoms with Gasteiger partial charge in [-0.3, -0.25) is 9.59 Å². The Bertz CT molecular complexity index is 1660. The average molecular weight is 600 g/mol. The number of amides is 2. The summed E-state index contributed by atoms with van der Waals surface area (Å²) >= 11 is 0. The molecule has 4 atom stereocenters. The molecule has 0 aliphatic heterocycles. The van der Waals surface area contributed by atoms with Crippen molar-refractivity contribution < 1.29 is 40.7 Å². The van der Waals surface area contributed by atoms with Crippen LogP contribution in [0.25, 0.3) is 6.08 Å². The quantitative estimate of drug-likeness (QED) is 0.318. The van der Waals surface area contributed by atoms with E-state index in [0.29, 0.717) is 36.6 Å². The van der Waals surface area contributed by atoms with Crippen LogP contribution in [0.15, 0.2) is 60.2 Å². The van der Waals surface area contributed by atoms with Crippen molar-refractivity contribution in [2.45, 2.75) is 25.1 Å². The number of hydrogen-bond donors (Lipinski definition) is 2. The fraction of sp³-hybridized carbons (Fsp3) is 0.258. The van der Waals surface area contributed by atoms with Crippen LogP contribution < -0.4 is 15.4 Å². The maximum atomic E-state index is 14.1. The minimum atomic E-state index is -4.99. The molecule has 2 unspecified atom stereocenters. The van der Waals surface area contributed by atoms with Crippen molar-refractivity contribution in [3.05, 3.63) is 99.9 Å². The number of methoxy groups -OCH3 is 1. The maximum Gasteiger partial charge on any atom is 0.419 e. The second kappa shape index (κ2) is 11.5. The van der Waals surface area contributed by atoms with Crippen molar-refractivity contribution >= 4 is 23.6 Å². The largest absolute Gasteiger partial charge is 0.496 e. The van der Waals surface area contributed by atoms with Gasteiger partial charge in [-0.25, -0.2) is 13.2 Å². The molecule has 3 aromatic carbocycles. The van der Waals surface area contributed by atoms with Crippen molar-refractivity contribution in [2.75, 3.05) is 12.4 Å². The summed E-state index contributed by atoms with van der Waals surface area (Å²) in [5.41, 5.74) is -0.164. The first-order valence-corrected chi connectivity index (χ1v) is 13.1. The number of rotatable bonds is 6. The molecule has 3 aromatic rings. The van der Waals surface area contributed by atoms with Crippen molar-refractivity contribution in [2.24, 2.45) is 17.8 Å². The van der Waals surface area contributed by atoms with Crippen molar-refractivity contribution in [1.29, 1.82) is 5.26 Å². The number of carbonyl (C=O) groups is 2. The van der Waals surface area contributed by atoms with E-state index in [4.69, 9.17) is 10.00 Å². The molecule has 43 heavy (non-hydrogen) atoms. The van der Waals surface area contributed by atoms with Crippen LogP contribution in [0.4, 0.5) is 32.0 Å². The highest BCUT2D eigenvalue weighted by molar-refractivity contribution is 5.99. The molecule has 0 saturated heterocycles. The Morgan fingerprint density at radius 3 is 2.28 bits per heavy atom. The summed E-state index contributed by atoms with van der Waals surface area (Å²) in [5, 5.41) is 14.3.